The standard InChI is InChI=1S/C14H12ClFN2O4/c1-7-9(5-13(19)20)14(21)18-12(17-7)6-22-8-2-3-11(16)10(15)4-8/h2-4H,5-6H2,1H3,(H,19,20)(H,17,18,21). The van der Waals surface area contributed by atoms with Crippen molar-refractivity contribution in [2.45, 2.75) is 20.0 Å². The number of carboxylic acids is 1. The molecule has 0 atom stereocenters. The number of aromatic nitrogens is 2. The highest BCUT2D eigenvalue weighted by molar-refractivity contribution is 6.30. The van der Waals surface area contributed by atoms with Crippen molar-refractivity contribution in [2.75, 3.05) is 0 Å². The summed E-state index contributed by atoms with van der Waals surface area (Å²) in [7, 11) is 0. The molecular weight excluding hydrogens is 315 g/mol. The van der Waals surface area contributed by atoms with Crippen molar-refractivity contribution in [1.82, 2.24) is 9.97 Å². The highest BCUT2D eigenvalue weighted by atomic mass is 35.5. The molecule has 0 unspecified atom stereocenters. The summed E-state index contributed by atoms with van der Waals surface area (Å²) in [6.45, 7) is 1.48. The van der Waals surface area contributed by atoms with E-state index in [9.17, 15) is 14.0 Å². The molecule has 0 saturated heterocycles. The number of H-pyrrole nitrogens is 1. The third kappa shape index (κ3) is 3.82. The molecule has 116 valence electrons. The summed E-state index contributed by atoms with van der Waals surface area (Å²) in [5.74, 6) is -1.12. The molecule has 0 bridgehead atoms. The number of rotatable bonds is 5. The fourth-order valence-electron chi connectivity index (χ4n) is 1.81. The van der Waals surface area contributed by atoms with Gasteiger partial charge in [-0.25, -0.2) is 9.37 Å². The Morgan fingerprint density at radius 1 is 1.50 bits per heavy atom. The van der Waals surface area contributed by atoms with Crippen LogP contribution in [0.15, 0.2) is 23.0 Å². The van der Waals surface area contributed by atoms with Crippen LogP contribution in [0.25, 0.3) is 0 Å². The largest absolute Gasteiger partial charge is 0.486 e. The second-order valence-electron chi connectivity index (χ2n) is 4.51. The minimum atomic E-state index is -1.11. The summed E-state index contributed by atoms with van der Waals surface area (Å²) in [5, 5.41) is 8.66. The average molecular weight is 327 g/mol. The number of aromatic amines is 1. The van der Waals surface area contributed by atoms with Gasteiger partial charge in [-0.05, 0) is 19.1 Å². The van der Waals surface area contributed by atoms with Crippen LogP contribution in [-0.2, 0) is 17.8 Å². The molecule has 2 aromatic rings. The van der Waals surface area contributed by atoms with Gasteiger partial charge in [0.1, 0.15) is 24.0 Å². The van der Waals surface area contributed by atoms with E-state index in [2.05, 4.69) is 9.97 Å². The van der Waals surface area contributed by atoms with Crippen molar-refractivity contribution in [3.8, 4) is 5.75 Å². The summed E-state index contributed by atoms with van der Waals surface area (Å²) in [6.07, 6.45) is -0.400. The van der Waals surface area contributed by atoms with E-state index in [1.165, 1.54) is 12.1 Å². The number of benzene rings is 1. The molecule has 0 aliphatic carbocycles. The van der Waals surface area contributed by atoms with Gasteiger partial charge < -0.3 is 14.8 Å². The van der Waals surface area contributed by atoms with Crippen LogP contribution in [-0.4, -0.2) is 21.0 Å². The van der Waals surface area contributed by atoms with E-state index >= 15 is 0 Å². The van der Waals surface area contributed by atoms with E-state index in [1.807, 2.05) is 0 Å². The number of carboxylic acid groups (broad SMARTS) is 1. The lowest BCUT2D eigenvalue weighted by molar-refractivity contribution is -0.136. The minimum Gasteiger partial charge on any atom is -0.486 e. The number of ether oxygens (including phenoxy) is 1. The lowest BCUT2D eigenvalue weighted by Gasteiger charge is -2.08. The minimum absolute atomic E-state index is 0.0641. The number of aryl methyl sites for hydroxylation is 1. The Balaban J connectivity index is 2.15. The topological polar surface area (TPSA) is 92.3 Å². The summed E-state index contributed by atoms with van der Waals surface area (Å²) in [4.78, 5) is 29.0. The van der Waals surface area contributed by atoms with Gasteiger partial charge >= 0.3 is 5.97 Å². The number of aliphatic carboxylic acids is 1. The third-order valence-electron chi connectivity index (χ3n) is 2.87. The predicted molar refractivity (Wildman–Crippen MR) is 76.7 cm³/mol. The van der Waals surface area contributed by atoms with Crippen molar-refractivity contribution in [3.63, 3.8) is 0 Å². The molecule has 1 aromatic carbocycles. The Morgan fingerprint density at radius 2 is 2.23 bits per heavy atom. The SMILES string of the molecule is Cc1nc(COc2ccc(F)c(Cl)c2)[nH]c(=O)c1CC(=O)O. The highest BCUT2D eigenvalue weighted by Crippen LogP contribution is 2.21. The molecule has 0 spiro atoms. The molecule has 6 nitrogen and oxygen atoms in total. The van der Waals surface area contributed by atoms with Gasteiger partial charge in [-0.2, -0.15) is 0 Å². The molecule has 2 N–H and O–H groups in total. The maximum Gasteiger partial charge on any atom is 0.308 e. The monoisotopic (exact) mass is 326 g/mol. The van der Waals surface area contributed by atoms with Crippen LogP contribution < -0.4 is 10.3 Å². The normalized spacial score (nSPS) is 10.5. The molecule has 0 saturated carbocycles. The van der Waals surface area contributed by atoms with E-state index in [1.54, 1.807) is 6.92 Å². The summed E-state index contributed by atoms with van der Waals surface area (Å²) >= 11 is 5.63. The number of hydrogen-bond acceptors (Lipinski definition) is 4. The quantitative estimate of drug-likeness (QED) is 0.877. The number of hydrogen-bond donors (Lipinski definition) is 2. The van der Waals surface area contributed by atoms with Gasteiger partial charge in [-0.15, -0.1) is 0 Å². The Labute approximate surface area is 129 Å². The third-order valence-corrected chi connectivity index (χ3v) is 3.16. The van der Waals surface area contributed by atoms with Gasteiger partial charge in [0.15, 0.2) is 0 Å². The van der Waals surface area contributed by atoms with E-state index < -0.39 is 23.8 Å². The molecule has 0 amide bonds. The first-order valence-corrected chi connectivity index (χ1v) is 6.63. The predicted octanol–water partition coefficient (Wildman–Crippen LogP) is 2.08. The van der Waals surface area contributed by atoms with Crippen LogP contribution in [0.5, 0.6) is 5.75 Å². The van der Waals surface area contributed by atoms with Crippen molar-refractivity contribution in [3.05, 3.63) is 56.5 Å². The maximum atomic E-state index is 13.0. The fourth-order valence-corrected chi connectivity index (χ4v) is 1.99. The van der Waals surface area contributed by atoms with Crippen LogP contribution in [0, 0.1) is 12.7 Å². The zero-order valence-electron chi connectivity index (χ0n) is 11.5. The van der Waals surface area contributed by atoms with Crippen LogP contribution in [0.4, 0.5) is 4.39 Å². The molecule has 22 heavy (non-hydrogen) atoms. The van der Waals surface area contributed by atoms with E-state index in [-0.39, 0.29) is 23.0 Å². The second kappa shape index (κ2) is 6.57. The van der Waals surface area contributed by atoms with Crippen LogP contribution in [0.1, 0.15) is 17.1 Å². The number of halogens is 2. The Hall–Kier alpha value is -2.41. The van der Waals surface area contributed by atoms with E-state index in [0.717, 1.165) is 6.07 Å². The van der Waals surface area contributed by atoms with Gasteiger partial charge in [-0.3, -0.25) is 9.59 Å². The van der Waals surface area contributed by atoms with Gasteiger partial charge in [0, 0.05) is 17.3 Å². The molecule has 2 rings (SSSR count). The molecule has 0 radical (unpaired) electrons. The maximum absolute atomic E-state index is 13.0. The summed E-state index contributed by atoms with van der Waals surface area (Å²) < 4.78 is 18.4. The van der Waals surface area contributed by atoms with E-state index in [0.29, 0.717) is 11.4 Å². The lowest BCUT2D eigenvalue weighted by Crippen LogP contribution is -2.22. The first-order chi connectivity index (χ1) is 10.4. The number of carbonyl (C=O) groups is 1. The number of nitrogens with one attached hydrogen (secondary N) is 1. The first-order valence-electron chi connectivity index (χ1n) is 6.25. The molecule has 0 fully saturated rings. The van der Waals surface area contributed by atoms with E-state index in [4.69, 9.17) is 21.4 Å². The van der Waals surface area contributed by atoms with Gasteiger partial charge in [0.25, 0.3) is 5.56 Å². The molecule has 0 aliphatic rings. The fraction of sp³-hybridized carbons (Fsp3) is 0.214. The zero-order chi connectivity index (χ0) is 16.3. The van der Waals surface area contributed by atoms with Gasteiger partial charge in [0.2, 0.25) is 0 Å². The van der Waals surface area contributed by atoms with Crippen LogP contribution in [0.2, 0.25) is 5.02 Å². The molecule has 8 heteroatoms. The molecular formula is C14H12ClFN2O4. The second-order valence-corrected chi connectivity index (χ2v) is 4.92. The molecule has 0 aliphatic heterocycles. The van der Waals surface area contributed by atoms with Crippen LogP contribution in [0.3, 0.4) is 0 Å². The van der Waals surface area contributed by atoms with Crippen molar-refractivity contribution < 1.29 is 19.0 Å². The smallest absolute Gasteiger partial charge is 0.308 e. The Morgan fingerprint density at radius 3 is 2.82 bits per heavy atom. The van der Waals surface area contributed by atoms with Crippen molar-refractivity contribution in [2.24, 2.45) is 0 Å². The van der Waals surface area contributed by atoms with Gasteiger partial charge in [0.05, 0.1) is 11.4 Å². The summed E-state index contributed by atoms with van der Waals surface area (Å²) in [6, 6.07) is 3.86. The lowest BCUT2D eigenvalue weighted by atomic mass is 10.2. The summed E-state index contributed by atoms with van der Waals surface area (Å²) in [5.41, 5.74) is -0.103. The Kier molecular flexibility index (Phi) is 4.77. The average Bonchev–Trinajstić information content (AvgIpc) is 2.44. The van der Waals surface area contributed by atoms with Gasteiger partial charge in [-0.1, -0.05) is 11.6 Å². The van der Waals surface area contributed by atoms with Crippen molar-refractivity contribution in [1.29, 1.82) is 0 Å². The molecule has 1 aromatic heterocycles. The molecule has 1 heterocycles. The van der Waals surface area contributed by atoms with Crippen molar-refractivity contribution >= 4 is 17.6 Å². The highest BCUT2D eigenvalue weighted by Gasteiger charge is 2.12. The first kappa shape index (κ1) is 16.0. The Bertz CT molecular complexity index is 776. The number of nitrogens with zero attached hydrogens (tertiary/aromatic N) is 1. The zero-order valence-corrected chi connectivity index (χ0v) is 12.3. The van der Waals surface area contributed by atoms with Crippen LogP contribution >= 0.6 is 11.6 Å².